The molecule has 0 aliphatic carbocycles. The Bertz CT molecular complexity index is 329. The summed E-state index contributed by atoms with van der Waals surface area (Å²) < 4.78 is 21.7. The highest BCUT2D eigenvalue weighted by atomic mass is 31.2. The smallest absolute Gasteiger partial charge is 0.175 e. The Morgan fingerprint density at radius 3 is 1.78 bits per heavy atom. The first-order valence-electron chi connectivity index (χ1n) is 5.98. The van der Waals surface area contributed by atoms with Crippen LogP contribution in [0.25, 0.3) is 0 Å². The van der Waals surface area contributed by atoms with Gasteiger partial charge in [0, 0.05) is 12.2 Å². The Kier molecular flexibility index (Phi) is 7.02. The average molecular weight is 272 g/mol. The van der Waals surface area contributed by atoms with Crippen LogP contribution in [0.3, 0.4) is 0 Å². The van der Waals surface area contributed by atoms with Crippen molar-refractivity contribution in [3.05, 3.63) is 23.8 Å². The van der Waals surface area contributed by atoms with E-state index < -0.39 is 8.38 Å². The van der Waals surface area contributed by atoms with Crippen molar-refractivity contribution in [1.29, 1.82) is 0 Å². The molecule has 0 radical (unpaired) electrons. The normalized spacial score (nSPS) is 10.7. The Balaban J connectivity index is 2.80. The largest absolute Gasteiger partial charge is 0.497 e. The molecule has 0 atom stereocenters. The van der Waals surface area contributed by atoms with E-state index in [1.807, 2.05) is 32.0 Å². The van der Waals surface area contributed by atoms with E-state index >= 15 is 0 Å². The topological polar surface area (TPSA) is 36.9 Å². The summed E-state index contributed by atoms with van der Waals surface area (Å²) in [5.74, 6) is 1.57. The van der Waals surface area contributed by atoms with Crippen molar-refractivity contribution in [2.45, 2.75) is 20.0 Å². The van der Waals surface area contributed by atoms with Crippen molar-refractivity contribution in [2.24, 2.45) is 0 Å². The van der Waals surface area contributed by atoms with Gasteiger partial charge in [-0.25, -0.2) is 0 Å². The molecule has 0 N–H and O–H groups in total. The zero-order valence-electron chi connectivity index (χ0n) is 11.4. The maximum atomic E-state index is 5.59. The molecule has 0 aromatic heterocycles. The second-order valence-electron chi connectivity index (χ2n) is 3.55. The minimum atomic E-state index is -0.883. The van der Waals surface area contributed by atoms with Gasteiger partial charge in [0.15, 0.2) is 8.38 Å². The van der Waals surface area contributed by atoms with Crippen molar-refractivity contribution in [3.8, 4) is 11.5 Å². The summed E-state index contributed by atoms with van der Waals surface area (Å²) in [6, 6.07) is 5.82. The van der Waals surface area contributed by atoms with Crippen LogP contribution in [-0.2, 0) is 15.2 Å². The molecule has 1 aromatic rings. The maximum absolute atomic E-state index is 5.59. The predicted molar refractivity (Wildman–Crippen MR) is 73.4 cm³/mol. The molecular formula is C13H21O4P. The van der Waals surface area contributed by atoms with E-state index in [1.165, 1.54) is 0 Å². The fourth-order valence-corrected chi connectivity index (χ4v) is 2.84. The van der Waals surface area contributed by atoms with Crippen LogP contribution in [0.2, 0.25) is 0 Å². The lowest BCUT2D eigenvalue weighted by Gasteiger charge is -2.16. The molecule has 1 rings (SSSR count). The van der Waals surface area contributed by atoms with Gasteiger partial charge in [0.05, 0.1) is 27.4 Å². The molecule has 0 heterocycles. The molecule has 0 saturated carbocycles. The lowest BCUT2D eigenvalue weighted by Crippen LogP contribution is -1.96. The third-order valence-electron chi connectivity index (χ3n) is 2.27. The summed E-state index contributed by atoms with van der Waals surface area (Å²) in [7, 11) is 2.41. The Morgan fingerprint density at radius 2 is 1.39 bits per heavy atom. The minimum absolute atomic E-state index is 0.660. The summed E-state index contributed by atoms with van der Waals surface area (Å²) in [6.45, 7) is 5.26. The van der Waals surface area contributed by atoms with Gasteiger partial charge in [0.25, 0.3) is 0 Å². The second kappa shape index (κ2) is 8.30. The lowest BCUT2D eigenvalue weighted by molar-refractivity contribution is 0.268. The lowest BCUT2D eigenvalue weighted by atomic mass is 10.2. The Morgan fingerprint density at radius 1 is 0.889 bits per heavy atom. The highest BCUT2D eigenvalue weighted by Crippen LogP contribution is 2.43. The monoisotopic (exact) mass is 272 g/mol. The molecule has 0 fully saturated rings. The van der Waals surface area contributed by atoms with Crippen molar-refractivity contribution < 1.29 is 18.5 Å². The van der Waals surface area contributed by atoms with Gasteiger partial charge in [0.1, 0.15) is 11.5 Å². The Hall–Kier alpha value is -0.830. The summed E-state index contributed by atoms with van der Waals surface area (Å²) in [5, 5.41) is 0. The molecular weight excluding hydrogens is 251 g/mol. The summed E-state index contributed by atoms with van der Waals surface area (Å²) in [4.78, 5) is 0. The van der Waals surface area contributed by atoms with Crippen LogP contribution in [0.5, 0.6) is 11.5 Å². The molecule has 18 heavy (non-hydrogen) atoms. The Labute approximate surface area is 110 Å². The van der Waals surface area contributed by atoms with E-state index in [4.69, 9.17) is 18.5 Å². The molecule has 4 nitrogen and oxygen atoms in total. The quantitative estimate of drug-likeness (QED) is 0.678. The van der Waals surface area contributed by atoms with Crippen molar-refractivity contribution in [3.63, 3.8) is 0 Å². The molecule has 5 heteroatoms. The summed E-state index contributed by atoms with van der Waals surface area (Å²) in [5.41, 5.74) is 1.10. The highest BCUT2D eigenvalue weighted by Gasteiger charge is 2.12. The van der Waals surface area contributed by atoms with Crippen molar-refractivity contribution >= 4 is 8.38 Å². The van der Waals surface area contributed by atoms with E-state index in [-0.39, 0.29) is 0 Å². The molecule has 0 aliphatic rings. The second-order valence-corrected chi connectivity index (χ2v) is 5.05. The maximum Gasteiger partial charge on any atom is 0.175 e. The zero-order valence-corrected chi connectivity index (χ0v) is 12.3. The minimum Gasteiger partial charge on any atom is -0.497 e. The molecule has 102 valence electrons. The number of hydrogen-bond donors (Lipinski definition) is 0. The third kappa shape index (κ3) is 4.81. The predicted octanol–water partition coefficient (Wildman–Crippen LogP) is 3.59. The first-order valence-corrected chi connectivity index (χ1v) is 7.35. The van der Waals surface area contributed by atoms with Crippen LogP contribution in [-0.4, -0.2) is 27.4 Å². The van der Waals surface area contributed by atoms with Gasteiger partial charge < -0.3 is 18.5 Å². The van der Waals surface area contributed by atoms with Gasteiger partial charge in [-0.2, -0.15) is 0 Å². The van der Waals surface area contributed by atoms with Crippen LogP contribution in [0, 0.1) is 0 Å². The number of rotatable bonds is 8. The van der Waals surface area contributed by atoms with Crippen LogP contribution >= 0.6 is 8.38 Å². The van der Waals surface area contributed by atoms with Crippen LogP contribution in [0.1, 0.15) is 19.4 Å². The summed E-state index contributed by atoms with van der Waals surface area (Å²) in [6.07, 6.45) is 0.741. The molecule has 0 saturated heterocycles. The first kappa shape index (κ1) is 15.2. The van der Waals surface area contributed by atoms with Gasteiger partial charge in [-0.3, -0.25) is 0 Å². The van der Waals surface area contributed by atoms with Gasteiger partial charge in [0.2, 0.25) is 0 Å². The molecule has 0 amide bonds. The molecule has 0 unspecified atom stereocenters. The fraction of sp³-hybridized carbons (Fsp3) is 0.538. The van der Waals surface area contributed by atoms with Crippen molar-refractivity contribution in [1.82, 2.24) is 0 Å². The molecule has 0 aliphatic heterocycles. The van der Waals surface area contributed by atoms with E-state index in [9.17, 15) is 0 Å². The number of benzene rings is 1. The fourth-order valence-electron chi connectivity index (χ4n) is 1.52. The standard InChI is InChI=1S/C13H21O4P/c1-5-16-18(17-6-2)10-11-7-12(14-3)9-13(8-11)15-4/h7-9H,5-6,10H2,1-4H3. The number of methoxy groups -OCH3 is 2. The SMILES string of the molecule is CCOP(Cc1cc(OC)cc(OC)c1)OCC. The van der Waals surface area contributed by atoms with Gasteiger partial charge in [-0.15, -0.1) is 0 Å². The van der Waals surface area contributed by atoms with Crippen molar-refractivity contribution in [2.75, 3.05) is 27.4 Å². The van der Waals surface area contributed by atoms with Crippen LogP contribution < -0.4 is 9.47 Å². The number of ether oxygens (including phenoxy) is 2. The van der Waals surface area contributed by atoms with E-state index in [2.05, 4.69) is 0 Å². The first-order chi connectivity index (χ1) is 8.73. The van der Waals surface area contributed by atoms with E-state index in [1.54, 1.807) is 14.2 Å². The number of hydrogen-bond acceptors (Lipinski definition) is 4. The average Bonchev–Trinajstić information content (AvgIpc) is 2.38. The van der Waals surface area contributed by atoms with E-state index in [0.29, 0.717) is 13.2 Å². The van der Waals surface area contributed by atoms with Gasteiger partial charge >= 0.3 is 0 Å². The molecule has 0 bridgehead atoms. The summed E-state index contributed by atoms with van der Waals surface area (Å²) >= 11 is 0. The highest BCUT2D eigenvalue weighted by molar-refractivity contribution is 7.46. The third-order valence-corrected chi connectivity index (χ3v) is 3.98. The molecule has 0 spiro atoms. The molecule has 1 aromatic carbocycles. The van der Waals surface area contributed by atoms with Crippen LogP contribution in [0.4, 0.5) is 0 Å². The van der Waals surface area contributed by atoms with Gasteiger partial charge in [-0.05, 0) is 31.5 Å². The van der Waals surface area contributed by atoms with Crippen LogP contribution in [0.15, 0.2) is 18.2 Å². The zero-order chi connectivity index (χ0) is 13.4. The van der Waals surface area contributed by atoms with E-state index in [0.717, 1.165) is 23.2 Å². The van der Waals surface area contributed by atoms with Gasteiger partial charge in [-0.1, -0.05) is 0 Å².